The van der Waals surface area contributed by atoms with Gasteiger partial charge in [-0.3, -0.25) is 14.7 Å². The fourth-order valence-corrected chi connectivity index (χ4v) is 3.95. The van der Waals surface area contributed by atoms with E-state index in [-0.39, 0.29) is 17.4 Å². The van der Waals surface area contributed by atoms with Crippen LogP contribution < -0.4 is 5.56 Å². The fourth-order valence-electron chi connectivity index (χ4n) is 3.95. The molecule has 1 aliphatic rings. The van der Waals surface area contributed by atoms with Gasteiger partial charge in [0.25, 0.3) is 11.5 Å². The highest BCUT2D eigenvalue weighted by molar-refractivity contribution is 5.95. The summed E-state index contributed by atoms with van der Waals surface area (Å²) in [6.45, 7) is 2.88. The zero-order chi connectivity index (χ0) is 20.4. The number of nitrogens with zero attached hydrogens (tertiary/aromatic N) is 3. The zero-order valence-corrected chi connectivity index (χ0v) is 16.1. The summed E-state index contributed by atoms with van der Waals surface area (Å²) in [5.74, 6) is -0.0235. The number of aryl methyl sites for hydroxylation is 1. The molecule has 0 spiro atoms. The van der Waals surface area contributed by atoms with E-state index in [1.807, 2.05) is 42.6 Å². The van der Waals surface area contributed by atoms with Crippen LogP contribution in [0.3, 0.4) is 0 Å². The summed E-state index contributed by atoms with van der Waals surface area (Å²) in [6.07, 6.45) is 3.66. The Hall–Kier alpha value is -3.66. The van der Waals surface area contributed by atoms with Crippen molar-refractivity contribution in [2.75, 3.05) is 13.1 Å². The summed E-state index contributed by atoms with van der Waals surface area (Å²) in [6, 6.07) is 13.3. The topological polar surface area (TPSA) is 106 Å². The van der Waals surface area contributed by atoms with E-state index in [9.17, 15) is 9.59 Å². The number of nitriles is 1. The van der Waals surface area contributed by atoms with Crippen LogP contribution in [0, 0.1) is 18.3 Å². The maximum Gasteiger partial charge on any atom is 0.266 e. The van der Waals surface area contributed by atoms with Gasteiger partial charge >= 0.3 is 0 Å². The molecule has 0 radical (unpaired) electrons. The van der Waals surface area contributed by atoms with Crippen LogP contribution in [0.1, 0.15) is 46.1 Å². The second-order valence-corrected chi connectivity index (χ2v) is 7.32. The Morgan fingerprint density at radius 1 is 1.31 bits per heavy atom. The van der Waals surface area contributed by atoms with Crippen LogP contribution in [0.2, 0.25) is 0 Å². The SMILES string of the molecule is Cc1[nH]c(=O)c(C#N)cc1C(=O)N1CCCC(c2[nH]ncc2-c2ccccc2)C1. The summed E-state index contributed by atoms with van der Waals surface area (Å²) in [5.41, 5.74) is 3.51. The van der Waals surface area contributed by atoms with Crippen LogP contribution in [0.5, 0.6) is 0 Å². The third-order valence-corrected chi connectivity index (χ3v) is 5.46. The molecule has 7 nitrogen and oxygen atoms in total. The number of hydrogen-bond donors (Lipinski definition) is 2. The third kappa shape index (κ3) is 3.57. The van der Waals surface area contributed by atoms with Crippen molar-refractivity contribution in [3.63, 3.8) is 0 Å². The number of aromatic amines is 2. The van der Waals surface area contributed by atoms with Gasteiger partial charge in [0.1, 0.15) is 11.6 Å². The molecule has 3 aromatic rings. The first kappa shape index (κ1) is 18.7. The van der Waals surface area contributed by atoms with E-state index in [0.29, 0.717) is 24.3 Å². The molecular formula is C22H21N5O2. The molecule has 1 atom stereocenters. The lowest BCUT2D eigenvalue weighted by atomic mass is 9.90. The van der Waals surface area contributed by atoms with Gasteiger partial charge in [-0.05, 0) is 31.4 Å². The molecule has 3 heterocycles. The molecule has 29 heavy (non-hydrogen) atoms. The van der Waals surface area contributed by atoms with Crippen molar-refractivity contribution in [2.24, 2.45) is 0 Å². The second kappa shape index (κ2) is 7.76. The van der Waals surface area contributed by atoms with Crippen molar-refractivity contribution < 1.29 is 4.79 Å². The number of hydrogen-bond acceptors (Lipinski definition) is 4. The van der Waals surface area contributed by atoms with E-state index in [2.05, 4.69) is 15.2 Å². The summed E-state index contributed by atoms with van der Waals surface area (Å²) < 4.78 is 0. The van der Waals surface area contributed by atoms with Gasteiger partial charge in [0.15, 0.2) is 0 Å². The molecule has 1 fully saturated rings. The molecule has 1 aromatic carbocycles. The number of rotatable bonds is 3. The molecule has 1 saturated heterocycles. The van der Waals surface area contributed by atoms with E-state index in [4.69, 9.17) is 5.26 Å². The van der Waals surface area contributed by atoms with Gasteiger partial charge in [0.05, 0.1) is 11.8 Å². The van der Waals surface area contributed by atoms with Crippen LogP contribution in [0.25, 0.3) is 11.1 Å². The molecule has 4 rings (SSSR count). The Kier molecular flexibility index (Phi) is 5.00. The first-order valence-corrected chi connectivity index (χ1v) is 9.60. The molecule has 1 amide bonds. The number of aromatic nitrogens is 3. The van der Waals surface area contributed by atoms with Crippen LogP contribution in [-0.2, 0) is 0 Å². The Morgan fingerprint density at radius 2 is 2.10 bits per heavy atom. The molecule has 0 aliphatic carbocycles. The van der Waals surface area contributed by atoms with Gasteiger partial charge in [-0.1, -0.05) is 30.3 Å². The Bertz CT molecular complexity index is 1140. The number of nitrogens with one attached hydrogen (secondary N) is 2. The van der Waals surface area contributed by atoms with Crippen molar-refractivity contribution >= 4 is 5.91 Å². The van der Waals surface area contributed by atoms with E-state index < -0.39 is 5.56 Å². The summed E-state index contributed by atoms with van der Waals surface area (Å²) >= 11 is 0. The number of H-pyrrole nitrogens is 2. The number of likely N-dealkylation sites (tertiary alicyclic amines) is 1. The molecule has 146 valence electrons. The van der Waals surface area contributed by atoms with Gasteiger partial charge in [-0.2, -0.15) is 10.4 Å². The van der Waals surface area contributed by atoms with E-state index in [0.717, 1.165) is 29.7 Å². The predicted octanol–water partition coefficient (Wildman–Crippen LogP) is 2.96. The highest BCUT2D eigenvalue weighted by Gasteiger charge is 2.29. The monoisotopic (exact) mass is 387 g/mol. The minimum Gasteiger partial charge on any atom is -0.338 e. The van der Waals surface area contributed by atoms with E-state index >= 15 is 0 Å². The molecule has 1 aliphatic heterocycles. The summed E-state index contributed by atoms with van der Waals surface area (Å²) in [7, 11) is 0. The molecule has 2 N–H and O–H groups in total. The average Bonchev–Trinajstić information content (AvgIpc) is 3.24. The quantitative estimate of drug-likeness (QED) is 0.721. The van der Waals surface area contributed by atoms with Crippen LogP contribution in [0.15, 0.2) is 47.4 Å². The lowest BCUT2D eigenvalue weighted by Crippen LogP contribution is -2.40. The van der Waals surface area contributed by atoms with Crippen molar-refractivity contribution in [2.45, 2.75) is 25.7 Å². The van der Waals surface area contributed by atoms with Crippen LogP contribution in [-0.4, -0.2) is 39.1 Å². The maximum atomic E-state index is 13.1. The standard InChI is InChI=1S/C22H21N5O2/c1-14-18(10-17(11-23)21(28)25-14)22(29)27-9-5-8-16(13-27)20-19(12-24-26-20)15-6-3-2-4-7-15/h2-4,6-7,10,12,16H,5,8-9,13H2,1H3,(H,24,26)(H,25,28). The number of benzene rings is 1. The van der Waals surface area contributed by atoms with Gasteiger partial charge in [0, 0.05) is 36.0 Å². The largest absolute Gasteiger partial charge is 0.338 e. The maximum absolute atomic E-state index is 13.1. The van der Waals surface area contributed by atoms with E-state index in [1.165, 1.54) is 6.07 Å². The summed E-state index contributed by atoms with van der Waals surface area (Å²) in [4.78, 5) is 29.3. The Labute approximate surface area is 168 Å². The number of pyridine rings is 1. The Balaban J connectivity index is 1.61. The number of carbonyl (C=O) groups excluding carboxylic acids is 1. The number of carbonyl (C=O) groups is 1. The zero-order valence-electron chi connectivity index (χ0n) is 16.1. The molecule has 7 heteroatoms. The van der Waals surface area contributed by atoms with Crippen molar-refractivity contribution in [3.05, 3.63) is 75.5 Å². The number of piperidine rings is 1. The highest BCUT2D eigenvalue weighted by Crippen LogP contribution is 2.33. The smallest absolute Gasteiger partial charge is 0.266 e. The van der Waals surface area contributed by atoms with Gasteiger partial charge < -0.3 is 9.88 Å². The molecule has 0 saturated carbocycles. The fraction of sp³-hybridized carbons (Fsp3) is 0.273. The lowest BCUT2D eigenvalue weighted by Gasteiger charge is -2.33. The predicted molar refractivity (Wildman–Crippen MR) is 108 cm³/mol. The van der Waals surface area contributed by atoms with Crippen molar-refractivity contribution in [1.82, 2.24) is 20.1 Å². The third-order valence-electron chi connectivity index (χ3n) is 5.46. The van der Waals surface area contributed by atoms with Gasteiger partial charge in [-0.15, -0.1) is 0 Å². The van der Waals surface area contributed by atoms with Gasteiger partial charge in [0.2, 0.25) is 0 Å². The average molecular weight is 387 g/mol. The van der Waals surface area contributed by atoms with E-state index in [1.54, 1.807) is 11.8 Å². The van der Waals surface area contributed by atoms with Crippen LogP contribution in [0.4, 0.5) is 0 Å². The lowest BCUT2D eigenvalue weighted by molar-refractivity contribution is 0.0704. The highest BCUT2D eigenvalue weighted by atomic mass is 16.2. The van der Waals surface area contributed by atoms with Gasteiger partial charge in [-0.25, -0.2) is 0 Å². The molecule has 1 unspecified atom stereocenters. The first-order valence-electron chi connectivity index (χ1n) is 9.60. The Morgan fingerprint density at radius 3 is 2.86 bits per heavy atom. The number of amides is 1. The van der Waals surface area contributed by atoms with Crippen LogP contribution >= 0.6 is 0 Å². The summed E-state index contributed by atoms with van der Waals surface area (Å²) in [5, 5.41) is 16.5. The normalized spacial score (nSPS) is 16.4. The first-order chi connectivity index (χ1) is 14.1. The molecule has 0 bridgehead atoms. The van der Waals surface area contributed by atoms with Crippen molar-refractivity contribution in [3.8, 4) is 17.2 Å². The molecular weight excluding hydrogens is 366 g/mol. The van der Waals surface area contributed by atoms with Crippen molar-refractivity contribution in [1.29, 1.82) is 5.26 Å². The second-order valence-electron chi connectivity index (χ2n) is 7.32. The minimum atomic E-state index is -0.469. The molecule has 2 aromatic heterocycles. The minimum absolute atomic E-state index is 0.0487.